The molecule has 4 nitrogen and oxygen atoms in total. The van der Waals surface area contributed by atoms with Crippen molar-refractivity contribution in [3.63, 3.8) is 0 Å². The van der Waals surface area contributed by atoms with Gasteiger partial charge in [0.15, 0.2) is 0 Å². The first-order chi connectivity index (χ1) is 11.2. The first-order valence-electron chi connectivity index (χ1n) is 7.88. The van der Waals surface area contributed by atoms with Crippen LogP contribution in [0.3, 0.4) is 0 Å². The number of carbonyl (C=O) groups is 2. The summed E-state index contributed by atoms with van der Waals surface area (Å²) in [5, 5.41) is 2.86. The number of carbonyl (C=O) groups excluding carboxylic acids is 2. The Morgan fingerprint density at radius 1 is 0.913 bits per heavy atom. The van der Waals surface area contributed by atoms with Crippen LogP contribution in [0.5, 0.6) is 0 Å². The van der Waals surface area contributed by atoms with Crippen LogP contribution in [-0.4, -0.2) is 29.3 Å². The van der Waals surface area contributed by atoms with Crippen molar-refractivity contribution >= 4 is 11.8 Å². The van der Waals surface area contributed by atoms with E-state index in [1.165, 1.54) is 0 Å². The highest BCUT2D eigenvalue weighted by Gasteiger charge is 2.29. The third-order valence-corrected chi connectivity index (χ3v) is 4.05. The van der Waals surface area contributed by atoms with Crippen LogP contribution in [0.4, 0.5) is 0 Å². The highest BCUT2D eigenvalue weighted by atomic mass is 16.2. The molecule has 2 aromatic rings. The Morgan fingerprint density at radius 3 is 2.17 bits per heavy atom. The summed E-state index contributed by atoms with van der Waals surface area (Å²) >= 11 is 0. The van der Waals surface area contributed by atoms with E-state index < -0.39 is 6.04 Å². The van der Waals surface area contributed by atoms with E-state index in [9.17, 15) is 9.59 Å². The lowest BCUT2D eigenvalue weighted by Crippen LogP contribution is -2.45. The van der Waals surface area contributed by atoms with Crippen LogP contribution >= 0.6 is 0 Å². The Kier molecular flexibility index (Phi) is 4.71. The van der Waals surface area contributed by atoms with Crippen LogP contribution in [-0.2, 0) is 22.6 Å². The molecular weight excluding hydrogens is 288 g/mol. The highest BCUT2D eigenvalue weighted by Crippen LogP contribution is 2.13. The maximum Gasteiger partial charge on any atom is 0.245 e. The fraction of sp³-hybridized carbons (Fsp3) is 0.263. The smallest absolute Gasteiger partial charge is 0.245 e. The molecule has 1 fully saturated rings. The second-order valence-corrected chi connectivity index (χ2v) is 5.81. The van der Waals surface area contributed by atoms with Crippen molar-refractivity contribution in [2.24, 2.45) is 0 Å². The van der Waals surface area contributed by atoms with E-state index in [2.05, 4.69) is 5.32 Å². The molecule has 1 atom stereocenters. The van der Waals surface area contributed by atoms with Crippen LogP contribution in [0.15, 0.2) is 60.7 Å². The predicted octanol–water partition coefficient (Wildman–Crippen LogP) is 2.15. The molecule has 2 amide bonds. The summed E-state index contributed by atoms with van der Waals surface area (Å²) < 4.78 is 0. The highest BCUT2D eigenvalue weighted by molar-refractivity contribution is 5.90. The van der Waals surface area contributed by atoms with Gasteiger partial charge in [-0.3, -0.25) is 9.59 Å². The second-order valence-electron chi connectivity index (χ2n) is 5.81. The number of nitrogens with one attached hydrogen (secondary N) is 1. The lowest BCUT2D eigenvalue weighted by atomic mass is 10.0. The normalized spacial score (nSPS) is 18.4. The number of hydrogen-bond donors (Lipinski definition) is 1. The van der Waals surface area contributed by atoms with Gasteiger partial charge in [-0.05, 0) is 11.1 Å². The van der Waals surface area contributed by atoms with Crippen LogP contribution in [0.25, 0.3) is 0 Å². The average molecular weight is 308 g/mol. The standard InChI is InChI=1S/C19H20N2O2/c22-18-11-12-21(14-16-9-5-2-6-10-16)19(23)17(20-18)13-15-7-3-1-4-8-15/h1-10,17H,11-14H2,(H,20,22)/t17-/m0/s1. The van der Waals surface area contributed by atoms with Gasteiger partial charge in [-0.15, -0.1) is 0 Å². The summed E-state index contributed by atoms with van der Waals surface area (Å²) in [5.41, 5.74) is 2.13. The lowest BCUT2D eigenvalue weighted by molar-refractivity contribution is -0.134. The fourth-order valence-electron chi connectivity index (χ4n) is 2.84. The Labute approximate surface area is 136 Å². The molecule has 0 spiro atoms. The first-order valence-corrected chi connectivity index (χ1v) is 7.88. The summed E-state index contributed by atoms with van der Waals surface area (Å²) in [4.78, 5) is 26.5. The van der Waals surface area contributed by atoms with Crippen molar-refractivity contribution in [2.75, 3.05) is 6.54 Å². The minimum absolute atomic E-state index is 0.0106. The van der Waals surface area contributed by atoms with Crippen molar-refractivity contribution in [1.82, 2.24) is 10.2 Å². The first kappa shape index (κ1) is 15.3. The van der Waals surface area contributed by atoms with Crippen molar-refractivity contribution < 1.29 is 9.59 Å². The Morgan fingerprint density at radius 2 is 1.52 bits per heavy atom. The number of benzene rings is 2. The van der Waals surface area contributed by atoms with E-state index >= 15 is 0 Å². The van der Waals surface area contributed by atoms with Gasteiger partial charge >= 0.3 is 0 Å². The van der Waals surface area contributed by atoms with Gasteiger partial charge in [-0.25, -0.2) is 0 Å². The van der Waals surface area contributed by atoms with Crippen molar-refractivity contribution in [3.05, 3.63) is 71.8 Å². The summed E-state index contributed by atoms with van der Waals surface area (Å²) in [6, 6.07) is 19.2. The molecule has 2 aromatic carbocycles. The third kappa shape index (κ3) is 3.97. The van der Waals surface area contributed by atoms with Crippen molar-refractivity contribution in [2.45, 2.75) is 25.4 Å². The van der Waals surface area contributed by atoms with Gasteiger partial charge in [0.05, 0.1) is 0 Å². The average Bonchev–Trinajstić information content (AvgIpc) is 2.70. The Bertz CT molecular complexity index is 670. The summed E-state index contributed by atoms with van der Waals surface area (Å²) in [7, 11) is 0. The predicted molar refractivity (Wildman–Crippen MR) is 88.6 cm³/mol. The van der Waals surface area contributed by atoms with E-state index in [4.69, 9.17) is 0 Å². The van der Waals surface area contributed by atoms with Crippen molar-refractivity contribution in [3.8, 4) is 0 Å². The number of rotatable bonds is 4. The molecule has 1 saturated heterocycles. The lowest BCUT2D eigenvalue weighted by Gasteiger charge is -2.24. The Hall–Kier alpha value is -2.62. The SMILES string of the molecule is O=C1CCN(Cc2ccccc2)C(=O)[C@H](Cc2ccccc2)N1. The van der Waals surface area contributed by atoms with Crippen molar-refractivity contribution in [1.29, 1.82) is 0 Å². The van der Waals surface area contributed by atoms with E-state index in [0.717, 1.165) is 11.1 Å². The summed E-state index contributed by atoms with van der Waals surface area (Å²) in [5.74, 6) is -0.0709. The van der Waals surface area contributed by atoms with E-state index in [0.29, 0.717) is 25.9 Å². The maximum atomic E-state index is 12.8. The molecule has 3 rings (SSSR count). The zero-order chi connectivity index (χ0) is 16.1. The molecule has 0 aliphatic carbocycles. The van der Waals surface area contributed by atoms with Gasteiger partial charge in [-0.1, -0.05) is 60.7 Å². The third-order valence-electron chi connectivity index (χ3n) is 4.05. The molecule has 0 radical (unpaired) electrons. The van der Waals surface area contributed by atoms with E-state index in [-0.39, 0.29) is 11.8 Å². The molecule has 4 heteroatoms. The number of hydrogen-bond acceptors (Lipinski definition) is 2. The zero-order valence-electron chi connectivity index (χ0n) is 12.9. The van der Waals surface area contributed by atoms with Crippen LogP contribution in [0.2, 0.25) is 0 Å². The Balaban J connectivity index is 1.76. The van der Waals surface area contributed by atoms with Gasteiger partial charge in [0.1, 0.15) is 6.04 Å². The minimum Gasteiger partial charge on any atom is -0.344 e. The quantitative estimate of drug-likeness (QED) is 0.941. The molecule has 0 unspecified atom stereocenters. The van der Waals surface area contributed by atoms with Crippen LogP contribution in [0, 0.1) is 0 Å². The second kappa shape index (κ2) is 7.09. The minimum atomic E-state index is -0.490. The molecule has 1 aliphatic heterocycles. The number of amides is 2. The molecule has 118 valence electrons. The summed E-state index contributed by atoms with van der Waals surface area (Å²) in [6.45, 7) is 1.00. The van der Waals surface area contributed by atoms with E-state index in [1.807, 2.05) is 60.7 Å². The fourth-order valence-corrected chi connectivity index (χ4v) is 2.84. The van der Waals surface area contributed by atoms with Crippen LogP contribution in [0.1, 0.15) is 17.5 Å². The monoisotopic (exact) mass is 308 g/mol. The largest absolute Gasteiger partial charge is 0.344 e. The topological polar surface area (TPSA) is 49.4 Å². The molecule has 0 saturated carbocycles. The molecule has 0 aromatic heterocycles. The molecule has 23 heavy (non-hydrogen) atoms. The molecular formula is C19H20N2O2. The maximum absolute atomic E-state index is 12.8. The van der Waals surface area contributed by atoms with E-state index in [1.54, 1.807) is 4.90 Å². The van der Waals surface area contributed by atoms with Gasteiger partial charge in [0, 0.05) is 25.9 Å². The van der Waals surface area contributed by atoms with Gasteiger partial charge in [-0.2, -0.15) is 0 Å². The summed E-state index contributed by atoms with van der Waals surface area (Å²) in [6.07, 6.45) is 0.876. The molecule has 0 bridgehead atoms. The van der Waals surface area contributed by atoms with Gasteiger partial charge < -0.3 is 10.2 Å². The van der Waals surface area contributed by atoms with Gasteiger partial charge in [0.2, 0.25) is 11.8 Å². The van der Waals surface area contributed by atoms with Gasteiger partial charge in [0.25, 0.3) is 0 Å². The molecule has 1 heterocycles. The number of nitrogens with zero attached hydrogens (tertiary/aromatic N) is 1. The zero-order valence-corrected chi connectivity index (χ0v) is 12.9. The molecule has 1 N–H and O–H groups in total. The molecule has 1 aliphatic rings. The van der Waals surface area contributed by atoms with Crippen LogP contribution < -0.4 is 5.32 Å².